The van der Waals surface area contributed by atoms with Gasteiger partial charge in [0.1, 0.15) is 0 Å². The first kappa shape index (κ1) is 14.2. The Morgan fingerprint density at radius 2 is 2.21 bits per heavy atom. The van der Waals surface area contributed by atoms with Crippen molar-refractivity contribution in [3.8, 4) is 0 Å². The second kappa shape index (κ2) is 7.43. The van der Waals surface area contributed by atoms with E-state index in [1.54, 1.807) is 11.3 Å². The van der Waals surface area contributed by atoms with Crippen molar-refractivity contribution in [1.29, 1.82) is 0 Å². The van der Waals surface area contributed by atoms with Crippen LogP contribution in [0.5, 0.6) is 0 Å². The predicted octanol–water partition coefficient (Wildman–Crippen LogP) is 3.28. The summed E-state index contributed by atoms with van der Waals surface area (Å²) < 4.78 is 0.954. The standard InChI is InChI=1S/C14H15BrN2OS/c15-12-2-1-3-13(8-12)17-14(18)9-16-6-4-11-5-7-19-10-11/h1-3,5,7-8,10,16H,4,6,9H2,(H,17,18). The van der Waals surface area contributed by atoms with Crippen LogP contribution in [0.15, 0.2) is 45.6 Å². The molecule has 0 atom stereocenters. The molecule has 1 amide bonds. The number of hydrogen-bond acceptors (Lipinski definition) is 3. The summed E-state index contributed by atoms with van der Waals surface area (Å²) in [7, 11) is 0. The Balaban J connectivity index is 1.67. The van der Waals surface area contributed by atoms with E-state index in [0.717, 1.165) is 23.1 Å². The van der Waals surface area contributed by atoms with E-state index >= 15 is 0 Å². The maximum absolute atomic E-state index is 11.7. The minimum Gasteiger partial charge on any atom is -0.325 e. The van der Waals surface area contributed by atoms with Crippen LogP contribution in [0.25, 0.3) is 0 Å². The van der Waals surface area contributed by atoms with E-state index in [-0.39, 0.29) is 5.91 Å². The lowest BCUT2D eigenvalue weighted by molar-refractivity contribution is -0.115. The lowest BCUT2D eigenvalue weighted by atomic mass is 10.2. The molecule has 0 aliphatic rings. The van der Waals surface area contributed by atoms with Crippen LogP contribution in [-0.4, -0.2) is 19.0 Å². The molecule has 0 saturated heterocycles. The van der Waals surface area contributed by atoms with E-state index in [0.29, 0.717) is 6.54 Å². The molecule has 2 rings (SSSR count). The molecule has 19 heavy (non-hydrogen) atoms. The van der Waals surface area contributed by atoms with Crippen LogP contribution in [0.2, 0.25) is 0 Å². The molecule has 0 fully saturated rings. The highest BCUT2D eigenvalue weighted by atomic mass is 79.9. The Labute approximate surface area is 125 Å². The number of anilines is 1. The second-order valence-electron chi connectivity index (χ2n) is 4.12. The first-order chi connectivity index (χ1) is 9.24. The average Bonchev–Trinajstić information content (AvgIpc) is 2.88. The molecule has 0 spiro atoms. The summed E-state index contributed by atoms with van der Waals surface area (Å²) in [6, 6.07) is 9.67. The fourth-order valence-corrected chi connectivity index (χ4v) is 2.74. The van der Waals surface area contributed by atoms with Gasteiger partial charge < -0.3 is 10.6 Å². The molecule has 1 heterocycles. The minimum absolute atomic E-state index is 0.0246. The Morgan fingerprint density at radius 1 is 1.32 bits per heavy atom. The van der Waals surface area contributed by atoms with Crippen molar-refractivity contribution in [1.82, 2.24) is 5.32 Å². The number of halogens is 1. The van der Waals surface area contributed by atoms with Crippen molar-refractivity contribution in [3.05, 3.63) is 51.1 Å². The molecule has 0 aliphatic carbocycles. The van der Waals surface area contributed by atoms with E-state index in [9.17, 15) is 4.79 Å². The first-order valence-corrected chi connectivity index (χ1v) is 7.75. The Bertz CT molecular complexity index is 528. The molecular formula is C14H15BrN2OS. The summed E-state index contributed by atoms with van der Waals surface area (Å²) in [4.78, 5) is 11.7. The van der Waals surface area contributed by atoms with Gasteiger partial charge >= 0.3 is 0 Å². The topological polar surface area (TPSA) is 41.1 Å². The van der Waals surface area contributed by atoms with Gasteiger partial charge in [-0.25, -0.2) is 0 Å². The quantitative estimate of drug-likeness (QED) is 0.793. The monoisotopic (exact) mass is 338 g/mol. The van der Waals surface area contributed by atoms with Gasteiger partial charge in [0.2, 0.25) is 5.91 Å². The summed E-state index contributed by atoms with van der Waals surface area (Å²) >= 11 is 5.07. The van der Waals surface area contributed by atoms with E-state index in [1.165, 1.54) is 5.56 Å². The number of benzene rings is 1. The van der Waals surface area contributed by atoms with Gasteiger partial charge in [0.05, 0.1) is 6.54 Å². The zero-order valence-corrected chi connectivity index (χ0v) is 12.8. The number of amides is 1. The van der Waals surface area contributed by atoms with Crippen molar-refractivity contribution in [2.75, 3.05) is 18.4 Å². The van der Waals surface area contributed by atoms with Gasteiger partial charge in [-0.2, -0.15) is 11.3 Å². The van der Waals surface area contributed by atoms with Crippen LogP contribution in [0, 0.1) is 0 Å². The van der Waals surface area contributed by atoms with Gasteiger partial charge in [-0.1, -0.05) is 22.0 Å². The zero-order valence-electron chi connectivity index (χ0n) is 10.4. The van der Waals surface area contributed by atoms with Gasteiger partial charge in [0.15, 0.2) is 0 Å². The second-order valence-corrected chi connectivity index (χ2v) is 5.81. The van der Waals surface area contributed by atoms with Crippen molar-refractivity contribution in [2.24, 2.45) is 0 Å². The van der Waals surface area contributed by atoms with Crippen molar-refractivity contribution < 1.29 is 4.79 Å². The van der Waals surface area contributed by atoms with Crippen LogP contribution in [0.3, 0.4) is 0 Å². The molecule has 0 bridgehead atoms. The SMILES string of the molecule is O=C(CNCCc1ccsc1)Nc1cccc(Br)c1. The number of carbonyl (C=O) groups excluding carboxylic acids is 1. The van der Waals surface area contributed by atoms with Crippen molar-refractivity contribution in [2.45, 2.75) is 6.42 Å². The van der Waals surface area contributed by atoms with Crippen LogP contribution >= 0.6 is 27.3 Å². The lowest BCUT2D eigenvalue weighted by Crippen LogP contribution is -2.29. The molecular weight excluding hydrogens is 324 g/mol. The summed E-state index contributed by atoms with van der Waals surface area (Å²) in [5.41, 5.74) is 2.11. The number of thiophene rings is 1. The van der Waals surface area contributed by atoms with Crippen LogP contribution in [0.1, 0.15) is 5.56 Å². The highest BCUT2D eigenvalue weighted by molar-refractivity contribution is 9.10. The maximum Gasteiger partial charge on any atom is 0.238 e. The lowest BCUT2D eigenvalue weighted by Gasteiger charge is -2.06. The highest BCUT2D eigenvalue weighted by Crippen LogP contribution is 2.15. The zero-order chi connectivity index (χ0) is 13.5. The molecule has 0 saturated carbocycles. The van der Waals surface area contributed by atoms with E-state index < -0.39 is 0 Å². The summed E-state index contributed by atoms with van der Waals surface area (Å²) in [5, 5.41) is 10.2. The molecule has 2 aromatic rings. The van der Waals surface area contributed by atoms with E-state index in [4.69, 9.17) is 0 Å². The van der Waals surface area contributed by atoms with Gasteiger partial charge in [0, 0.05) is 10.2 Å². The smallest absolute Gasteiger partial charge is 0.238 e. The Morgan fingerprint density at radius 3 is 2.95 bits per heavy atom. The highest BCUT2D eigenvalue weighted by Gasteiger charge is 2.02. The summed E-state index contributed by atoms with van der Waals surface area (Å²) in [5.74, 6) is -0.0246. The minimum atomic E-state index is -0.0246. The van der Waals surface area contributed by atoms with Crippen LogP contribution in [0.4, 0.5) is 5.69 Å². The summed E-state index contributed by atoms with van der Waals surface area (Å²) in [6.45, 7) is 1.14. The maximum atomic E-state index is 11.7. The van der Waals surface area contributed by atoms with Gasteiger partial charge in [-0.3, -0.25) is 4.79 Å². The first-order valence-electron chi connectivity index (χ1n) is 6.01. The Kier molecular flexibility index (Phi) is 5.57. The summed E-state index contributed by atoms with van der Waals surface area (Å²) in [6.07, 6.45) is 0.952. The number of rotatable bonds is 6. The molecule has 5 heteroatoms. The fourth-order valence-electron chi connectivity index (χ4n) is 1.64. The normalized spacial score (nSPS) is 10.4. The fraction of sp³-hybridized carbons (Fsp3) is 0.214. The number of nitrogens with one attached hydrogen (secondary N) is 2. The number of carbonyl (C=O) groups is 1. The van der Waals surface area contributed by atoms with Gasteiger partial charge in [-0.05, 0) is 53.6 Å². The van der Waals surface area contributed by atoms with Crippen molar-refractivity contribution in [3.63, 3.8) is 0 Å². The molecule has 0 unspecified atom stereocenters. The third-order valence-corrected chi connectivity index (χ3v) is 3.79. The van der Waals surface area contributed by atoms with Gasteiger partial charge in [-0.15, -0.1) is 0 Å². The third-order valence-electron chi connectivity index (χ3n) is 2.56. The molecule has 100 valence electrons. The predicted molar refractivity (Wildman–Crippen MR) is 83.7 cm³/mol. The third kappa shape index (κ3) is 5.14. The largest absolute Gasteiger partial charge is 0.325 e. The van der Waals surface area contributed by atoms with Crippen LogP contribution < -0.4 is 10.6 Å². The van der Waals surface area contributed by atoms with E-state index in [2.05, 4.69) is 43.4 Å². The molecule has 1 aromatic heterocycles. The molecule has 0 radical (unpaired) electrons. The van der Waals surface area contributed by atoms with E-state index in [1.807, 2.05) is 24.3 Å². The molecule has 2 N–H and O–H groups in total. The molecule has 1 aromatic carbocycles. The Hall–Kier alpha value is -1.17. The molecule has 0 aliphatic heterocycles. The van der Waals surface area contributed by atoms with Crippen molar-refractivity contribution >= 4 is 38.9 Å². The van der Waals surface area contributed by atoms with Crippen LogP contribution in [-0.2, 0) is 11.2 Å². The van der Waals surface area contributed by atoms with Gasteiger partial charge in [0.25, 0.3) is 0 Å². The average molecular weight is 339 g/mol. The molecule has 3 nitrogen and oxygen atoms in total. The number of hydrogen-bond donors (Lipinski definition) is 2.